The van der Waals surface area contributed by atoms with Crippen molar-refractivity contribution in [3.05, 3.63) is 92.6 Å². The minimum atomic E-state index is -5.07. The monoisotopic (exact) mass is 543 g/mol. The van der Waals surface area contributed by atoms with E-state index in [-0.39, 0.29) is 42.3 Å². The minimum absolute atomic E-state index is 0.0477. The van der Waals surface area contributed by atoms with Gasteiger partial charge in [-0.2, -0.15) is 31.4 Å². The maximum Gasteiger partial charge on any atom is 0.416 e. The van der Waals surface area contributed by atoms with Crippen molar-refractivity contribution in [3.8, 4) is 0 Å². The summed E-state index contributed by atoms with van der Waals surface area (Å²) in [7, 11) is 0. The Hall–Kier alpha value is -3.87. The van der Waals surface area contributed by atoms with Crippen LogP contribution in [0.25, 0.3) is 11.0 Å². The number of nitrogens with one attached hydrogen (secondary N) is 1. The van der Waals surface area contributed by atoms with Crippen LogP contribution in [0.15, 0.2) is 59.8 Å². The molecule has 0 fully saturated rings. The predicted octanol–water partition coefficient (Wildman–Crippen LogP) is 4.76. The molecule has 0 unspecified atom stereocenters. The zero-order chi connectivity index (χ0) is 27.0. The second-order valence-corrected chi connectivity index (χ2v) is 8.40. The largest absolute Gasteiger partial charge is 0.416 e. The number of hydrogen-bond acceptors (Lipinski definition) is 4. The molecule has 4 aromatic rings. The molecule has 0 spiro atoms. The summed E-state index contributed by atoms with van der Waals surface area (Å²) in [6.45, 7) is -0.0200. The Morgan fingerprint density at radius 3 is 2.19 bits per heavy atom. The van der Waals surface area contributed by atoms with Crippen molar-refractivity contribution in [2.45, 2.75) is 25.4 Å². The fourth-order valence-corrected chi connectivity index (χ4v) is 3.65. The molecule has 0 radical (unpaired) electrons. The number of halogens is 7. The quantitative estimate of drug-likeness (QED) is 0.356. The van der Waals surface area contributed by atoms with Gasteiger partial charge >= 0.3 is 12.4 Å². The summed E-state index contributed by atoms with van der Waals surface area (Å²) >= 11 is 5.86. The van der Waals surface area contributed by atoms with Crippen LogP contribution in [0, 0.1) is 0 Å². The van der Waals surface area contributed by atoms with E-state index in [0.29, 0.717) is 17.2 Å². The molecule has 37 heavy (non-hydrogen) atoms. The molecular formula is C23H16ClF6N5O2. The van der Waals surface area contributed by atoms with Crippen LogP contribution < -0.4 is 10.9 Å². The fraction of sp³-hybridized carbons (Fsp3) is 0.217. The highest BCUT2D eigenvalue weighted by Crippen LogP contribution is 2.36. The van der Waals surface area contributed by atoms with E-state index in [0.717, 1.165) is 5.56 Å². The Balaban J connectivity index is 1.48. The zero-order valence-corrected chi connectivity index (χ0v) is 19.3. The summed E-state index contributed by atoms with van der Waals surface area (Å²) in [5.41, 5.74) is -3.35. The highest BCUT2D eigenvalue weighted by molar-refractivity contribution is 6.30. The normalized spacial score (nSPS) is 12.2. The molecule has 2 heterocycles. The third-order valence-electron chi connectivity index (χ3n) is 5.35. The van der Waals surface area contributed by atoms with Crippen LogP contribution >= 0.6 is 11.6 Å². The van der Waals surface area contributed by atoms with Gasteiger partial charge < -0.3 is 5.32 Å². The third-order valence-corrected chi connectivity index (χ3v) is 5.60. The number of hydrogen-bond donors (Lipinski definition) is 1. The first-order valence-corrected chi connectivity index (χ1v) is 10.9. The minimum Gasteiger partial charge on any atom is -0.350 e. The maximum absolute atomic E-state index is 13.0. The van der Waals surface area contributed by atoms with Crippen molar-refractivity contribution in [2.75, 3.05) is 6.54 Å². The number of carbonyl (C=O) groups is 1. The van der Waals surface area contributed by atoms with Gasteiger partial charge in [0, 0.05) is 17.1 Å². The number of alkyl halides is 6. The molecule has 1 amide bonds. The average molecular weight is 544 g/mol. The Kier molecular flexibility index (Phi) is 7.00. The Morgan fingerprint density at radius 2 is 1.59 bits per heavy atom. The second-order valence-electron chi connectivity index (χ2n) is 7.96. The summed E-state index contributed by atoms with van der Waals surface area (Å²) in [6, 6.07) is 7.52. The van der Waals surface area contributed by atoms with Crippen LogP contribution in [-0.4, -0.2) is 31.8 Å². The van der Waals surface area contributed by atoms with Gasteiger partial charge in [-0.1, -0.05) is 23.7 Å². The van der Waals surface area contributed by atoms with Crippen molar-refractivity contribution < 1.29 is 31.1 Å². The molecule has 0 saturated heterocycles. The first-order valence-electron chi connectivity index (χ1n) is 10.6. The molecule has 0 bridgehead atoms. The number of fused-ring (bicyclic) bond motifs is 1. The van der Waals surface area contributed by atoms with Crippen molar-refractivity contribution in [1.82, 2.24) is 24.6 Å². The number of nitrogens with zero attached hydrogens (tertiary/aromatic N) is 4. The summed E-state index contributed by atoms with van der Waals surface area (Å²) in [4.78, 5) is 29.4. The first kappa shape index (κ1) is 26.2. The molecule has 14 heteroatoms. The van der Waals surface area contributed by atoms with Gasteiger partial charge in [-0.25, -0.2) is 9.67 Å². The number of rotatable bonds is 6. The smallest absolute Gasteiger partial charge is 0.350 e. The van der Waals surface area contributed by atoms with Crippen molar-refractivity contribution in [3.63, 3.8) is 0 Å². The standard InChI is InChI=1S/C23H16ClF6N5O2/c24-17-3-1-13(2-4-17)11-34-12-32-19-18(21(34)37)10-33-35(19)6-5-31-20(36)14-7-15(22(25,26)27)9-16(8-14)23(28,29)30/h1-4,7-10,12H,5-6,11H2,(H,31,36). The van der Waals surface area contributed by atoms with Crippen LogP contribution in [0.4, 0.5) is 26.3 Å². The van der Waals surface area contributed by atoms with E-state index in [1.165, 1.54) is 21.8 Å². The highest BCUT2D eigenvalue weighted by Gasteiger charge is 2.37. The summed E-state index contributed by atoms with van der Waals surface area (Å²) in [5.74, 6) is -1.13. The third kappa shape index (κ3) is 5.93. The number of benzene rings is 2. The van der Waals surface area contributed by atoms with Crippen LogP contribution in [-0.2, 0) is 25.4 Å². The van der Waals surface area contributed by atoms with Gasteiger partial charge in [0.1, 0.15) is 11.7 Å². The van der Waals surface area contributed by atoms with E-state index in [2.05, 4.69) is 15.4 Å². The zero-order valence-electron chi connectivity index (χ0n) is 18.6. The molecular weight excluding hydrogens is 528 g/mol. The number of aromatic nitrogens is 4. The van der Waals surface area contributed by atoms with Crippen LogP contribution in [0.2, 0.25) is 5.02 Å². The molecule has 0 aliphatic rings. The molecule has 1 N–H and O–H groups in total. The van der Waals surface area contributed by atoms with Gasteiger partial charge in [0.2, 0.25) is 0 Å². The van der Waals surface area contributed by atoms with Gasteiger partial charge in [-0.3, -0.25) is 14.2 Å². The lowest BCUT2D eigenvalue weighted by Gasteiger charge is -2.14. The average Bonchev–Trinajstić information content (AvgIpc) is 3.24. The van der Waals surface area contributed by atoms with E-state index in [4.69, 9.17) is 11.6 Å². The van der Waals surface area contributed by atoms with Gasteiger partial charge in [-0.15, -0.1) is 0 Å². The van der Waals surface area contributed by atoms with E-state index in [9.17, 15) is 35.9 Å². The molecule has 7 nitrogen and oxygen atoms in total. The predicted molar refractivity (Wildman–Crippen MR) is 121 cm³/mol. The lowest BCUT2D eigenvalue weighted by Crippen LogP contribution is -2.28. The molecule has 194 valence electrons. The molecule has 0 atom stereocenters. The maximum atomic E-state index is 13.0. The lowest BCUT2D eigenvalue weighted by molar-refractivity contribution is -0.143. The summed E-state index contributed by atoms with van der Waals surface area (Å²) < 4.78 is 80.9. The topological polar surface area (TPSA) is 81.8 Å². The van der Waals surface area contributed by atoms with E-state index < -0.39 is 35.0 Å². The lowest BCUT2D eigenvalue weighted by atomic mass is 10.0. The number of carbonyl (C=O) groups excluding carboxylic acids is 1. The number of amides is 1. The molecule has 2 aromatic carbocycles. The Morgan fingerprint density at radius 1 is 0.973 bits per heavy atom. The van der Waals surface area contributed by atoms with Crippen LogP contribution in [0.1, 0.15) is 27.0 Å². The van der Waals surface area contributed by atoms with Crippen molar-refractivity contribution >= 4 is 28.5 Å². The summed E-state index contributed by atoms with van der Waals surface area (Å²) in [6.07, 6.45) is -7.54. The fourth-order valence-electron chi connectivity index (χ4n) is 3.52. The van der Waals surface area contributed by atoms with Gasteiger partial charge in [-0.05, 0) is 35.9 Å². The van der Waals surface area contributed by atoms with Crippen LogP contribution in [0.3, 0.4) is 0 Å². The Bertz CT molecular complexity index is 1480. The van der Waals surface area contributed by atoms with Gasteiger partial charge in [0.15, 0.2) is 5.65 Å². The molecule has 4 rings (SSSR count). The first-order chi connectivity index (χ1) is 17.3. The second kappa shape index (κ2) is 9.88. The summed E-state index contributed by atoms with van der Waals surface area (Å²) in [5, 5.41) is 7.06. The highest BCUT2D eigenvalue weighted by atomic mass is 35.5. The molecule has 0 aliphatic carbocycles. The van der Waals surface area contributed by atoms with Crippen LogP contribution in [0.5, 0.6) is 0 Å². The van der Waals surface area contributed by atoms with E-state index >= 15 is 0 Å². The van der Waals surface area contributed by atoms with Crippen molar-refractivity contribution in [1.29, 1.82) is 0 Å². The molecule has 0 aliphatic heterocycles. The molecule has 2 aromatic heterocycles. The Labute approximate surface area is 209 Å². The van der Waals surface area contributed by atoms with Crippen molar-refractivity contribution in [2.24, 2.45) is 0 Å². The SMILES string of the molecule is O=C(NCCn1ncc2c(=O)n(Cc3ccc(Cl)cc3)cnc21)c1cc(C(F)(F)F)cc(C(F)(F)F)c1. The van der Waals surface area contributed by atoms with E-state index in [1.807, 2.05) is 0 Å². The van der Waals surface area contributed by atoms with Gasteiger partial charge in [0.05, 0.1) is 30.4 Å². The molecule has 0 saturated carbocycles. The van der Waals surface area contributed by atoms with E-state index in [1.54, 1.807) is 24.3 Å². The van der Waals surface area contributed by atoms with Gasteiger partial charge in [0.25, 0.3) is 11.5 Å².